The maximum atomic E-state index is 13.2. The Balaban J connectivity index is 1.62. The molecule has 4 aromatic rings. The summed E-state index contributed by atoms with van der Waals surface area (Å²) < 4.78 is 46.7. The van der Waals surface area contributed by atoms with Crippen LogP contribution in [0.3, 0.4) is 0 Å². The van der Waals surface area contributed by atoms with Gasteiger partial charge in [-0.25, -0.2) is 4.98 Å². The van der Waals surface area contributed by atoms with Gasteiger partial charge < -0.3 is 15.8 Å². The number of benzene rings is 1. The van der Waals surface area contributed by atoms with Crippen molar-refractivity contribution in [2.24, 2.45) is 0 Å². The quantitative estimate of drug-likeness (QED) is 0.441. The van der Waals surface area contributed by atoms with Gasteiger partial charge in [0.05, 0.1) is 24.3 Å². The van der Waals surface area contributed by atoms with Crippen LogP contribution in [0.2, 0.25) is 0 Å². The lowest BCUT2D eigenvalue weighted by Gasteiger charge is -2.18. The number of alkyl halides is 3. The van der Waals surface area contributed by atoms with E-state index in [1.807, 2.05) is 30.3 Å². The largest absolute Gasteiger partial charge is 0.417 e. The van der Waals surface area contributed by atoms with E-state index in [0.29, 0.717) is 0 Å². The van der Waals surface area contributed by atoms with Gasteiger partial charge in [-0.15, -0.1) is 10.2 Å². The predicted molar refractivity (Wildman–Crippen MR) is 113 cm³/mol. The Morgan fingerprint density at radius 3 is 2.58 bits per heavy atom. The van der Waals surface area contributed by atoms with Crippen LogP contribution in [0.4, 0.5) is 19.0 Å². The highest BCUT2D eigenvalue weighted by molar-refractivity contribution is 5.94. The molecule has 0 saturated carbocycles. The Bertz CT molecular complexity index is 1240. The summed E-state index contributed by atoms with van der Waals surface area (Å²) >= 11 is 0. The average Bonchev–Trinajstić information content (AvgIpc) is 3.22. The van der Waals surface area contributed by atoms with Gasteiger partial charge in [-0.05, 0) is 29.8 Å². The number of hydrogen-bond donors (Lipinski definition) is 2. The number of nitrogen functional groups attached to an aromatic ring is 1. The van der Waals surface area contributed by atoms with Crippen molar-refractivity contribution in [1.29, 1.82) is 0 Å². The van der Waals surface area contributed by atoms with Crippen LogP contribution in [0, 0.1) is 0 Å². The Hall–Kier alpha value is -3.99. The molecule has 0 radical (unpaired) electrons. The number of rotatable bonds is 7. The zero-order chi connectivity index (χ0) is 23.4. The van der Waals surface area contributed by atoms with Gasteiger partial charge in [0.1, 0.15) is 11.9 Å². The predicted octanol–water partition coefficient (Wildman–Crippen LogP) is 3.41. The second-order valence-electron chi connectivity index (χ2n) is 7.20. The first-order valence-electron chi connectivity index (χ1n) is 9.87. The molecule has 4 rings (SSSR count). The highest BCUT2D eigenvalue weighted by Crippen LogP contribution is 2.29. The molecule has 0 aliphatic heterocycles. The van der Waals surface area contributed by atoms with E-state index in [2.05, 4.69) is 20.5 Å². The number of ether oxygens (including phenoxy) is 1. The molecule has 1 atom stereocenters. The number of carbonyl (C=O) groups excluding carboxylic acids is 1. The number of amides is 1. The summed E-state index contributed by atoms with van der Waals surface area (Å²) in [5.41, 5.74) is 6.02. The second-order valence-corrected chi connectivity index (χ2v) is 7.20. The van der Waals surface area contributed by atoms with E-state index < -0.39 is 23.7 Å². The molecule has 1 unspecified atom stereocenters. The summed E-state index contributed by atoms with van der Waals surface area (Å²) in [5, 5.41) is 10.7. The average molecular weight is 456 g/mol. The first-order chi connectivity index (χ1) is 15.8. The summed E-state index contributed by atoms with van der Waals surface area (Å²) in [5.74, 6) is -0.169. The van der Waals surface area contributed by atoms with E-state index in [1.54, 1.807) is 0 Å². The summed E-state index contributed by atoms with van der Waals surface area (Å²) in [7, 11) is 0. The summed E-state index contributed by atoms with van der Waals surface area (Å²) in [6, 6.07) is 13.5. The van der Waals surface area contributed by atoms with Crippen molar-refractivity contribution in [3.05, 3.63) is 89.5 Å². The third kappa shape index (κ3) is 5.26. The fourth-order valence-electron chi connectivity index (χ4n) is 3.14. The third-order valence-electron chi connectivity index (χ3n) is 4.82. The molecular weight excluding hydrogens is 437 g/mol. The minimum Gasteiger partial charge on any atom is -0.384 e. The highest BCUT2D eigenvalue weighted by atomic mass is 19.4. The molecule has 11 heteroatoms. The fraction of sp³-hybridized carbons (Fsp3) is 0.182. The number of halogens is 3. The number of nitrogens with two attached hydrogens (primary N) is 1. The van der Waals surface area contributed by atoms with E-state index in [-0.39, 0.29) is 36.1 Å². The molecule has 0 bridgehead atoms. The van der Waals surface area contributed by atoms with Gasteiger partial charge in [-0.2, -0.15) is 13.2 Å². The molecule has 0 spiro atoms. The molecule has 0 aliphatic carbocycles. The van der Waals surface area contributed by atoms with Gasteiger partial charge >= 0.3 is 6.18 Å². The molecular formula is C22H19F3N6O2. The maximum absolute atomic E-state index is 13.2. The summed E-state index contributed by atoms with van der Waals surface area (Å²) in [4.78, 5) is 16.7. The normalized spacial score (nSPS) is 12.6. The van der Waals surface area contributed by atoms with Gasteiger partial charge in [-0.3, -0.25) is 9.20 Å². The summed E-state index contributed by atoms with van der Waals surface area (Å²) in [6.07, 6.45) is -2.35. The van der Waals surface area contributed by atoms with Gasteiger partial charge in [0.2, 0.25) is 0 Å². The molecule has 170 valence electrons. The van der Waals surface area contributed by atoms with Crippen molar-refractivity contribution in [3.8, 4) is 0 Å². The van der Waals surface area contributed by atoms with E-state index in [1.165, 1.54) is 28.8 Å². The van der Waals surface area contributed by atoms with E-state index in [0.717, 1.165) is 17.8 Å². The first-order valence-corrected chi connectivity index (χ1v) is 9.87. The van der Waals surface area contributed by atoms with E-state index in [9.17, 15) is 18.0 Å². The number of aromatic nitrogens is 4. The monoisotopic (exact) mass is 456 g/mol. The lowest BCUT2D eigenvalue weighted by molar-refractivity contribution is -0.137. The van der Waals surface area contributed by atoms with Crippen LogP contribution < -0.4 is 11.1 Å². The standard InChI is InChI=1S/C22H19F3N6O2/c23-22(24,25)16-7-9-19-29-30-20(31(19)11-16)17(13-33-12-14-4-2-1-3-5-14)28-21(32)15-6-8-18(26)27-10-15/h1-11,17H,12-13H2,(H2,26,27)(H,28,32). The number of carbonyl (C=O) groups is 1. The number of nitrogens with one attached hydrogen (secondary N) is 1. The lowest BCUT2D eigenvalue weighted by Crippen LogP contribution is -2.33. The van der Waals surface area contributed by atoms with Crippen LogP contribution in [-0.2, 0) is 17.5 Å². The topological polar surface area (TPSA) is 107 Å². The molecule has 33 heavy (non-hydrogen) atoms. The fourth-order valence-corrected chi connectivity index (χ4v) is 3.14. The van der Waals surface area contributed by atoms with Crippen molar-refractivity contribution in [2.45, 2.75) is 18.8 Å². The van der Waals surface area contributed by atoms with Crippen LogP contribution >= 0.6 is 0 Å². The first kappa shape index (κ1) is 22.2. The lowest BCUT2D eigenvalue weighted by atomic mass is 10.2. The molecule has 0 fully saturated rings. The third-order valence-corrected chi connectivity index (χ3v) is 4.82. The van der Waals surface area contributed by atoms with Crippen molar-refractivity contribution in [3.63, 3.8) is 0 Å². The molecule has 0 aliphatic rings. The Kier molecular flexibility index (Phi) is 6.22. The zero-order valence-electron chi connectivity index (χ0n) is 17.2. The molecule has 0 saturated heterocycles. The Morgan fingerprint density at radius 2 is 1.88 bits per heavy atom. The molecule has 3 heterocycles. The molecule has 3 N–H and O–H groups in total. The number of hydrogen-bond acceptors (Lipinski definition) is 6. The Labute approximate surface area is 186 Å². The van der Waals surface area contributed by atoms with E-state index >= 15 is 0 Å². The minimum atomic E-state index is -4.55. The Morgan fingerprint density at radius 1 is 1.09 bits per heavy atom. The smallest absolute Gasteiger partial charge is 0.384 e. The van der Waals surface area contributed by atoms with Crippen molar-refractivity contribution >= 4 is 17.4 Å². The van der Waals surface area contributed by atoms with Crippen molar-refractivity contribution in [2.75, 3.05) is 12.3 Å². The number of pyridine rings is 2. The van der Waals surface area contributed by atoms with Gasteiger partial charge in [0, 0.05) is 12.4 Å². The van der Waals surface area contributed by atoms with Crippen LogP contribution in [0.1, 0.15) is 33.4 Å². The van der Waals surface area contributed by atoms with Crippen molar-refractivity contribution in [1.82, 2.24) is 24.9 Å². The van der Waals surface area contributed by atoms with E-state index in [4.69, 9.17) is 10.5 Å². The number of fused-ring (bicyclic) bond motifs is 1. The van der Waals surface area contributed by atoms with Crippen LogP contribution in [0.15, 0.2) is 67.0 Å². The SMILES string of the molecule is Nc1ccc(C(=O)NC(COCc2ccccc2)c2nnc3ccc(C(F)(F)F)cn23)cn1. The summed E-state index contributed by atoms with van der Waals surface area (Å²) in [6.45, 7) is 0.182. The zero-order valence-corrected chi connectivity index (χ0v) is 17.2. The molecule has 3 aromatic heterocycles. The molecule has 8 nitrogen and oxygen atoms in total. The van der Waals surface area contributed by atoms with Crippen molar-refractivity contribution < 1.29 is 22.7 Å². The van der Waals surface area contributed by atoms with Gasteiger partial charge in [0.25, 0.3) is 5.91 Å². The van der Waals surface area contributed by atoms with Gasteiger partial charge in [0.15, 0.2) is 11.5 Å². The van der Waals surface area contributed by atoms with Crippen LogP contribution in [0.5, 0.6) is 0 Å². The second kappa shape index (κ2) is 9.25. The van der Waals surface area contributed by atoms with Crippen LogP contribution in [-0.4, -0.2) is 32.1 Å². The maximum Gasteiger partial charge on any atom is 0.417 e. The highest BCUT2D eigenvalue weighted by Gasteiger charge is 2.32. The molecule has 1 amide bonds. The minimum absolute atomic E-state index is 0.0555. The van der Waals surface area contributed by atoms with Gasteiger partial charge in [-0.1, -0.05) is 30.3 Å². The number of nitrogens with zero attached hydrogens (tertiary/aromatic N) is 4. The van der Waals surface area contributed by atoms with Crippen LogP contribution in [0.25, 0.3) is 5.65 Å². The number of anilines is 1. The molecule has 1 aromatic carbocycles.